The lowest BCUT2D eigenvalue weighted by Gasteiger charge is -1.97. The molecule has 3 nitrogen and oxygen atoms in total. The first-order valence-electron chi connectivity index (χ1n) is 4.51. The van der Waals surface area contributed by atoms with Gasteiger partial charge in [0.2, 0.25) is 0 Å². The number of nitrogens with zero attached hydrogens (tertiary/aromatic N) is 3. The Balaban J connectivity index is 2.84. The fraction of sp³-hybridized carbons (Fsp3) is 0.400. The second-order valence-electron chi connectivity index (χ2n) is 3.21. The first kappa shape index (κ1) is 8.23. The van der Waals surface area contributed by atoms with Crippen LogP contribution in [0, 0.1) is 6.92 Å². The van der Waals surface area contributed by atoms with Crippen LogP contribution in [-0.2, 0) is 13.5 Å². The Morgan fingerprint density at radius 2 is 2.23 bits per heavy atom. The normalized spacial score (nSPS) is 11.0. The first-order valence-corrected chi connectivity index (χ1v) is 4.51. The smallest absolute Gasteiger partial charge is 0.159 e. The van der Waals surface area contributed by atoms with E-state index >= 15 is 0 Å². The second-order valence-corrected chi connectivity index (χ2v) is 3.21. The van der Waals surface area contributed by atoms with Gasteiger partial charge in [-0.05, 0) is 25.0 Å². The van der Waals surface area contributed by atoms with Crippen molar-refractivity contribution in [1.82, 2.24) is 14.5 Å². The molecule has 0 saturated heterocycles. The average molecular weight is 175 g/mol. The molecule has 0 aliphatic heterocycles. The molecule has 68 valence electrons. The van der Waals surface area contributed by atoms with Gasteiger partial charge in [-0.1, -0.05) is 6.92 Å². The number of aryl methyl sites for hydroxylation is 3. The Labute approximate surface area is 77.4 Å². The Hall–Kier alpha value is -1.38. The van der Waals surface area contributed by atoms with Gasteiger partial charge in [0, 0.05) is 13.2 Å². The Morgan fingerprint density at radius 1 is 1.46 bits per heavy atom. The van der Waals surface area contributed by atoms with E-state index in [4.69, 9.17) is 0 Å². The van der Waals surface area contributed by atoms with E-state index in [0.29, 0.717) is 0 Å². The van der Waals surface area contributed by atoms with Crippen LogP contribution in [0.25, 0.3) is 11.2 Å². The van der Waals surface area contributed by atoms with E-state index in [2.05, 4.69) is 16.9 Å². The highest BCUT2D eigenvalue weighted by Gasteiger charge is 2.07. The number of fused-ring (bicyclic) bond motifs is 1. The molecular weight excluding hydrogens is 162 g/mol. The molecule has 0 aliphatic carbocycles. The molecule has 2 aromatic heterocycles. The van der Waals surface area contributed by atoms with E-state index in [-0.39, 0.29) is 0 Å². The molecular formula is C10H13N3. The third-order valence-electron chi connectivity index (χ3n) is 2.45. The molecule has 2 aromatic rings. The van der Waals surface area contributed by atoms with Gasteiger partial charge in [0.05, 0.1) is 0 Å². The van der Waals surface area contributed by atoms with Gasteiger partial charge in [-0.3, -0.25) is 0 Å². The van der Waals surface area contributed by atoms with Crippen molar-refractivity contribution in [2.75, 3.05) is 0 Å². The summed E-state index contributed by atoms with van der Waals surface area (Å²) in [5.74, 6) is 1.02. The zero-order chi connectivity index (χ0) is 9.42. The molecule has 2 rings (SSSR count). The number of imidazole rings is 1. The van der Waals surface area contributed by atoms with Crippen LogP contribution >= 0.6 is 0 Å². The summed E-state index contributed by atoms with van der Waals surface area (Å²) in [5.41, 5.74) is 3.30. The minimum absolute atomic E-state index is 0.983. The van der Waals surface area contributed by atoms with Crippen molar-refractivity contribution in [3.8, 4) is 0 Å². The summed E-state index contributed by atoms with van der Waals surface area (Å²) in [6.07, 6.45) is 2.86. The highest BCUT2D eigenvalue weighted by molar-refractivity contribution is 5.75. The molecule has 0 N–H and O–H groups in total. The number of pyridine rings is 1. The quantitative estimate of drug-likeness (QED) is 0.662. The molecule has 0 radical (unpaired) electrons. The molecule has 0 aliphatic rings. The van der Waals surface area contributed by atoms with E-state index in [0.717, 1.165) is 23.4 Å². The summed E-state index contributed by atoms with van der Waals surface area (Å²) in [6, 6.07) is 2.04. The third kappa shape index (κ3) is 1.11. The summed E-state index contributed by atoms with van der Waals surface area (Å²) < 4.78 is 2.02. The minimum atomic E-state index is 0.983. The highest BCUT2D eigenvalue weighted by atomic mass is 15.1. The van der Waals surface area contributed by atoms with Crippen molar-refractivity contribution < 1.29 is 0 Å². The number of hydrogen-bond acceptors (Lipinski definition) is 2. The van der Waals surface area contributed by atoms with Crippen molar-refractivity contribution in [2.45, 2.75) is 20.3 Å². The van der Waals surface area contributed by atoms with E-state index in [1.165, 1.54) is 5.56 Å². The number of rotatable bonds is 1. The minimum Gasteiger partial charge on any atom is -0.316 e. The van der Waals surface area contributed by atoms with Gasteiger partial charge < -0.3 is 4.57 Å². The summed E-state index contributed by atoms with van der Waals surface area (Å²) >= 11 is 0. The lowest BCUT2D eigenvalue weighted by atomic mass is 10.2. The molecule has 2 heterocycles. The molecule has 0 saturated carbocycles. The number of hydrogen-bond donors (Lipinski definition) is 0. The van der Waals surface area contributed by atoms with Gasteiger partial charge in [-0.2, -0.15) is 0 Å². The van der Waals surface area contributed by atoms with E-state index in [9.17, 15) is 0 Å². The molecule has 0 bridgehead atoms. The lowest BCUT2D eigenvalue weighted by Crippen LogP contribution is -1.92. The van der Waals surface area contributed by atoms with Crippen molar-refractivity contribution in [2.24, 2.45) is 7.05 Å². The predicted octanol–water partition coefficient (Wildman–Crippen LogP) is 1.84. The van der Waals surface area contributed by atoms with E-state index in [1.54, 1.807) is 0 Å². The van der Waals surface area contributed by atoms with Gasteiger partial charge in [-0.15, -0.1) is 0 Å². The van der Waals surface area contributed by atoms with Gasteiger partial charge in [0.1, 0.15) is 11.3 Å². The fourth-order valence-electron chi connectivity index (χ4n) is 1.52. The second kappa shape index (κ2) is 2.83. The molecule has 13 heavy (non-hydrogen) atoms. The van der Waals surface area contributed by atoms with Crippen molar-refractivity contribution >= 4 is 11.2 Å². The summed E-state index contributed by atoms with van der Waals surface area (Å²) in [5, 5.41) is 0. The van der Waals surface area contributed by atoms with Gasteiger partial charge in [0.15, 0.2) is 5.65 Å². The molecule has 0 fully saturated rings. The molecule has 0 aromatic carbocycles. The van der Waals surface area contributed by atoms with Crippen LogP contribution in [0.1, 0.15) is 18.3 Å². The van der Waals surface area contributed by atoms with Crippen LogP contribution in [0.3, 0.4) is 0 Å². The molecule has 0 spiro atoms. The summed E-state index contributed by atoms with van der Waals surface area (Å²) in [4.78, 5) is 8.79. The van der Waals surface area contributed by atoms with Crippen LogP contribution in [0.2, 0.25) is 0 Å². The topological polar surface area (TPSA) is 30.7 Å². The zero-order valence-corrected chi connectivity index (χ0v) is 8.20. The summed E-state index contributed by atoms with van der Waals surface area (Å²) in [7, 11) is 2.00. The van der Waals surface area contributed by atoms with Gasteiger partial charge in [-0.25, -0.2) is 9.97 Å². The third-order valence-corrected chi connectivity index (χ3v) is 2.45. The van der Waals surface area contributed by atoms with Crippen LogP contribution < -0.4 is 0 Å². The maximum absolute atomic E-state index is 4.48. The molecule has 0 unspecified atom stereocenters. The van der Waals surface area contributed by atoms with E-state index in [1.807, 2.05) is 30.8 Å². The van der Waals surface area contributed by atoms with Crippen molar-refractivity contribution in [1.29, 1.82) is 0 Å². The Bertz CT molecular complexity index is 443. The van der Waals surface area contributed by atoms with Crippen molar-refractivity contribution in [3.05, 3.63) is 23.7 Å². The molecule has 3 heteroatoms. The van der Waals surface area contributed by atoms with Crippen LogP contribution in [0.15, 0.2) is 12.3 Å². The van der Waals surface area contributed by atoms with Gasteiger partial charge >= 0.3 is 0 Å². The SMILES string of the molecule is CCc1ccnc2c1nc(C)n2C. The Kier molecular flexibility index (Phi) is 1.79. The maximum Gasteiger partial charge on any atom is 0.159 e. The lowest BCUT2D eigenvalue weighted by molar-refractivity contribution is 0.874. The Morgan fingerprint density at radius 3 is 2.92 bits per heavy atom. The monoisotopic (exact) mass is 175 g/mol. The van der Waals surface area contributed by atoms with Crippen LogP contribution in [0.5, 0.6) is 0 Å². The summed E-state index contributed by atoms with van der Waals surface area (Å²) in [6.45, 7) is 4.14. The highest BCUT2D eigenvalue weighted by Crippen LogP contribution is 2.16. The van der Waals surface area contributed by atoms with Crippen molar-refractivity contribution in [3.63, 3.8) is 0 Å². The largest absolute Gasteiger partial charge is 0.316 e. The molecule has 0 amide bonds. The number of aromatic nitrogens is 3. The average Bonchev–Trinajstić information content (AvgIpc) is 2.43. The fourth-order valence-corrected chi connectivity index (χ4v) is 1.52. The molecule has 0 atom stereocenters. The zero-order valence-electron chi connectivity index (χ0n) is 8.20. The van der Waals surface area contributed by atoms with Crippen LogP contribution in [0.4, 0.5) is 0 Å². The van der Waals surface area contributed by atoms with Crippen LogP contribution in [-0.4, -0.2) is 14.5 Å². The maximum atomic E-state index is 4.48. The van der Waals surface area contributed by atoms with E-state index < -0.39 is 0 Å². The standard InChI is InChI=1S/C10H13N3/c1-4-8-5-6-11-10-9(8)12-7(2)13(10)3/h5-6H,4H2,1-3H3. The van der Waals surface area contributed by atoms with Gasteiger partial charge in [0.25, 0.3) is 0 Å². The predicted molar refractivity (Wildman–Crippen MR) is 52.6 cm³/mol. The first-order chi connectivity index (χ1) is 6.24.